The Morgan fingerprint density at radius 1 is 1.17 bits per heavy atom. The van der Waals surface area contributed by atoms with Crippen molar-refractivity contribution in [3.63, 3.8) is 0 Å². The van der Waals surface area contributed by atoms with Gasteiger partial charge in [0.05, 0.1) is 5.92 Å². The van der Waals surface area contributed by atoms with Crippen molar-refractivity contribution in [2.45, 2.75) is 76.3 Å². The van der Waals surface area contributed by atoms with Gasteiger partial charge in [0.1, 0.15) is 0 Å². The van der Waals surface area contributed by atoms with E-state index in [2.05, 4.69) is 31.2 Å². The van der Waals surface area contributed by atoms with Crippen molar-refractivity contribution in [1.82, 2.24) is 10.2 Å². The highest BCUT2D eigenvalue weighted by molar-refractivity contribution is 5.85. The minimum absolute atomic E-state index is 0. The van der Waals surface area contributed by atoms with Crippen molar-refractivity contribution < 1.29 is 4.79 Å². The smallest absolute Gasteiger partial charge is 0.225 e. The molecule has 4 atom stereocenters. The van der Waals surface area contributed by atoms with E-state index in [9.17, 15) is 4.79 Å². The fourth-order valence-electron chi connectivity index (χ4n) is 4.52. The maximum Gasteiger partial charge on any atom is 0.225 e. The number of hydrogen-bond donors (Lipinski definition) is 2. The second-order valence-corrected chi connectivity index (χ2v) is 8.34. The molecule has 6 heteroatoms. The Morgan fingerprint density at radius 3 is 2.38 bits per heavy atom. The lowest BCUT2D eigenvalue weighted by molar-refractivity contribution is -0.129. The number of halogens is 2. The predicted octanol–water partition coefficient (Wildman–Crippen LogP) is 3.36. The molecule has 3 N–H and O–H groups in total. The van der Waals surface area contributed by atoms with E-state index >= 15 is 0 Å². The Labute approximate surface area is 160 Å². The van der Waals surface area contributed by atoms with Crippen LogP contribution in [0.1, 0.15) is 65.2 Å². The Hall–Kier alpha value is -0.0300. The van der Waals surface area contributed by atoms with E-state index < -0.39 is 0 Å². The largest absolute Gasteiger partial charge is 0.354 e. The van der Waals surface area contributed by atoms with Gasteiger partial charge in [0, 0.05) is 17.6 Å². The van der Waals surface area contributed by atoms with Gasteiger partial charge in [-0.1, -0.05) is 32.6 Å². The number of rotatable bonds is 4. The lowest BCUT2D eigenvalue weighted by Crippen LogP contribution is -2.58. The third kappa shape index (κ3) is 5.48. The Morgan fingerprint density at radius 2 is 1.83 bits per heavy atom. The van der Waals surface area contributed by atoms with E-state index in [1.54, 1.807) is 0 Å². The molecule has 2 aliphatic carbocycles. The molecule has 0 radical (unpaired) electrons. The van der Waals surface area contributed by atoms with E-state index in [4.69, 9.17) is 5.73 Å². The first-order chi connectivity index (χ1) is 10.3. The van der Waals surface area contributed by atoms with Gasteiger partial charge >= 0.3 is 0 Å². The Balaban J connectivity index is 0.00000264. The average Bonchev–Trinajstić information content (AvgIpc) is 2.44. The molecule has 2 rings (SSSR count). The lowest BCUT2D eigenvalue weighted by atomic mass is 9.73. The summed E-state index contributed by atoms with van der Waals surface area (Å²) in [5.41, 5.74) is 6.15. The number of carbonyl (C=O) groups is 1. The zero-order valence-corrected chi connectivity index (χ0v) is 17.4. The van der Waals surface area contributed by atoms with Gasteiger partial charge in [-0.05, 0) is 52.6 Å². The van der Waals surface area contributed by atoms with Crippen LogP contribution in [0.2, 0.25) is 0 Å². The highest BCUT2D eigenvalue weighted by atomic mass is 35.5. The molecule has 0 heterocycles. The van der Waals surface area contributed by atoms with Crippen LogP contribution in [0, 0.1) is 11.8 Å². The molecule has 1 amide bonds. The van der Waals surface area contributed by atoms with Crippen LogP contribution >= 0.6 is 24.8 Å². The van der Waals surface area contributed by atoms with Gasteiger partial charge in [-0.15, -0.1) is 24.8 Å². The molecule has 4 unspecified atom stereocenters. The van der Waals surface area contributed by atoms with E-state index in [0.717, 1.165) is 38.1 Å². The summed E-state index contributed by atoms with van der Waals surface area (Å²) in [5.74, 6) is 0.883. The van der Waals surface area contributed by atoms with Gasteiger partial charge in [-0.3, -0.25) is 4.79 Å². The summed E-state index contributed by atoms with van der Waals surface area (Å²) in [6.07, 6.45) is 9.09. The van der Waals surface area contributed by atoms with Crippen LogP contribution in [0.4, 0.5) is 0 Å². The van der Waals surface area contributed by atoms with Crippen LogP contribution in [0.15, 0.2) is 0 Å². The van der Waals surface area contributed by atoms with Crippen LogP contribution in [0.3, 0.4) is 0 Å². The SMILES string of the molecule is CC1CCCC(CNC(=O)C2CCCCC2(C)N)(N(C)C)C1.Cl.Cl. The fraction of sp³-hybridized carbons (Fsp3) is 0.944. The zero-order valence-electron chi connectivity index (χ0n) is 15.8. The van der Waals surface area contributed by atoms with Crippen molar-refractivity contribution >= 4 is 30.7 Å². The van der Waals surface area contributed by atoms with Crippen molar-refractivity contribution in [2.24, 2.45) is 17.6 Å². The minimum atomic E-state index is -0.340. The van der Waals surface area contributed by atoms with Crippen LogP contribution in [-0.4, -0.2) is 42.5 Å². The highest BCUT2D eigenvalue weighted by Crippen LogP contribution is 2.36. The second-order valence-electron chi connectivity index (χ2n) is 8.34. The molecule has 144 valence electrons. The lowest BCUT2D eigenvalue weighted by Gasteiger charge is -2.46. The van der Waals surface area contributed by atoms with Crippen molar-refractivity contribution in [3.8, 4) is 0 Å². The second kappa shape index (κ2) is 9.61. The molecular formula is C18H37Cl2N3O. The van der Waals surface area contributed by atoms with Gasteiger partial charge in [0.25, 0.3) is 0 Å². The van der Waals surface area contributed by atoms with Crippen molar-refractivity contribution in [3.05, 3.63) is 0 Å². The topological polar surface area (TPSA) is 58.4 Å². The number of amides is 1. The highest BCUT2D eigenvalue weighted by Gasteiger charge is 2.40. The molecule has 4 nitrogen and oxygen atoms in total. The number of nitrogens with two attached hydrogens (primary N) is 1. The molecule has 0 aromatic carbocycles. The zero-order chi connectivity index (χ0) is 16.4. The molecule has 0 aliphatic heterocycles. The fourth-order valence-corrected chi connectivity index (χ4v) is 4.52. The van der Waals surface area contributed by atoms with E-state index in [1.807, 2.05) is 6.92 Å². The number of nitrogens with zero attached hydrogens (tertiary/aromatic N) is 1. The third-order valence-corrected chi connectivity index (χ3v) is 6.18. The van der Waals surface area contributed by atoms with E-state index in [0.29, 0.717) is 0 Å². The summed E-state index contributed by atoms with van der Waals surface area (Å²) in [5, 5.41) is 3.26. The van der Waals surface area contributed by atoms with Gasteiger partial charge in [0.2, 0.25) is 5.91 Å². The number of hydrogen-bond acceptors (Lipinski definition) is 3. The van der Waals surface area contributed by atoms with Crippen LogP contribution in [0.25, 0.3) is 0 Å². The molecule has 0 saturated heterocycles. The number of likely N-dealkylation sites (N-methyl/N-ethyl adjacent to an activating group) is 1. The molecular weight excluding hydrogens is 345 g/mol. The van der Waals surface area contributed by atoms with Gasteiger partial charge in [-0.2, -0.15) is 0 Å². The van der Waals surface area contributed by atoms with Crippen LogP contribution in [0.5, 0.6) is 0 Å². The summed E-state index contributed by atoms with van der Waals surface area (Å²) in [7, 11) is 4.30. The minimum Gasteiger partial charge on any atom is -0.354 e. The molecule has 2 saturated carbocycles. The monoisotopic (exact) mass is 381 g/mol. The normalized spacial score (nSPS) is 36.4. The van der Waals surface area contributed by atoms with Gasteiger partial charge < -0.3 is 16.0 Å². The summed E-state index contributed by atoms with van der Waals surface area (Å²) in [6, 6.07) is 0. The Kier molecular flexibility index (Phi) is 9.60. The summed E-state index contributed by atoms with van der Waals surface area (Å²) >= 11 is 0. The molecule has 24 heavy (non-hydrogen) atoms. The Bertz CT molecular complexity index is 404. The first-order valence-electron chi connectivity index (χ1n) is 9.01. The molecule has 0 spiro atoms. The van der Waals surface area contributed by atoms with Gasteiger partial charge in [-0.25, -0.2) is 0 Å². The number of nitrogens with one attached hydrogen (secondary N) is 1. The molecule has 0 bridgehead atoms. The van der Waals surface area contributed by atoms with Gasteiger partial charge in [0.15, 0.2) is 0 Å². The predicted molar refractivity (Wildman–Crippen MR) is 106 cm³/mol. The quantitative estimate of drug-likeness (QED) is 0.784. The first-order valence-corrected chi connectivity index (χ1v) is 9.01. The molecule has 2 fully saturated rings. The third-order valence-electron chi connectivity index (χ3n) is 6.18. The van der Waals surface area contributed by atoms with Crippen molar-refractivity contribution in [2.75, 3.05) is 20.6 Å². The maximum absolute atomic E-state index is 12.7. The van der Waals surface area contributed by atoms with E-state index in [1.165, 1.54) is 25.7 Å². The standard InChI is InChI=1S/C18H35N3O.2ClH/c1-14-8-7-11-18(12-14,21(3)4)13-20-16(22)15-9-5-6-10-17(15,2)19;;/h14-15H,5-13,19H2,1-4H3,(H,20,22);2*1H. The average molecular weight is 382 g/mol. The van der Waals surface area contributed by atoms with Crippen LogP contribution in [-0.2, 0) is 4.79 Å². The van der Waals surface area contributed by atoms with E-state index in [-0.39, 0.29) is 47.7 Å². The van der Waals surface area contributed by atoms with Crippen molar-refractivity contribution in [1.29, 1.82) is 0 Å². The molecule has 2 aliphatic rings. The molecule has 0 aromatic rings. The summed E-state index contributed by atoms with van der Waals surface area (Å²) in [6.45, 7) is 5.13. The summed E-state index contributed by atoms with van der Waals surface area (Å²) < 4.78 is 0. The van der Waals surface area contributed by atoms with Crippen LogP contribution < -0.4 is 11.1 Å². The maximum atomic E-state index is 12.7. The first kappa shape index (κ1) is 24.0. The molecule has 0 aromatic heterocycles. The number of carbonyl (C=O) groups excluding carboxylic acids is 1. The summed E-state index contributed by atoms with van der Waals surface area (Å²) in [4.78, 5) is 15.0.